The van der Waals surface area contributed by atoms with Crippen LogP contribution in [0.4, 0.5) is 5.00 Å². The number of carbonyl (C=O) groups is 3. The second-order valence-corrected chi connectivity index (χ2v) is 7.84. The van der Waals surface area contributed by atoms with Crippen molar-refractivity contribution in [2.24, 2.45) is 11.8 Å². The van der Waals surface area contributed by atoms with Gasteiger partial charge in [0.05, 0.1) is 18.1 Å². The van der Waals surface area contributed by atoms with E-state index in [1.54, 1.807) is 6.92 Å². The maximum Gasteiger partial charge on any atom is 0.341 e. The standard InChI is InChI=1S/C21H23NO5S/c1-4-26-21(25)17-13(3)18(14-8-6-5-7-9-14)28-19(17)22-16(23)11-27-20(24)15-10-12(15)2/h5-9,12,15H,4,10-11H2,1-3H3,(H,22,23)/t12-,15-/m0/s1. The number of esters is 2. The molecule has 2 aromatic rings. The minimum atomic E-state index is -0.488. The van der Waals surface area contributed by atoms with Crippen molar-refractivity contribution in [3.05, 3.63) is 41.5 Å². The van der Waals surface area contributed by atoms with Crippen molar-refractivity contribution < 1.29 is 23.9 Å². The third kappa shape index (κ3) is 4.42. The maximum atomic E-state index is 12.5. The largest absolute Gasteiger partial charge is 0.462 e. The lowest BCUT2D eigenvalue weighted by Gasteiger charge is -2.07. The number of hydrogen-bond acceptors (Lipinski definition) is 6. The molecule has 0 unspecified atom stereocenters. The number of amides is 1. The first-order chi connectivity index (χ1) is 13.4. The van der Waals surface area contributed by atoms with Crippen molar-refractivity contribution >= 4 is 34.2 Å². The summed E-state index contributed by atoms with van der Waals surface area (Å²) in [4.78, 5) is 37.4. The highest BCUT2D eigenvalue weighted by Crippen LogP contribution is 2.40. The fourth-order valence-corrected chi connectivity index (χ4v) is 4.19. The Labute approximate surface area is 167 Å². The second kappa shape index (κ2) is 8.56. The molecule has 7 heteroatoms. The van der Waals surface area contributed by atoms with Gasteiger partial charge in [0.2, 0.25) is 0 Å². The first-order valence-corrected chi connectivity index (χ1v) is 10.1. The molecule has 1 saturated carbocycles. The van der Waals surface area contributed by atoms with E-state index in [0.717, 1.165) is 22.4 Å². The summed E-state index contributed by atoms with van der Waals surface area (Å²) in [5, 5.41) is 3.11. The van der Waals surface area contributed by atoms with Gasteiger partial charge in [0.25, 0.3) is 5.91 Å². The van der Waals surface area contributed by atoms with Gasteiger partial charge < -0.3 is 14.8 Å². The highest BCUT2D eigenvalue weighted by molar-refractivity contribution is 7.20. The Morgan fingerprint density at radius 3 is 2.46 bits per heavy atom. The summed E-state index contributed by atoms with van der Waals surface area (Å²) in [6.07, 6.45) is 0.804. The normalized spacial score (nSPS) is 17.7. The van der Waals surface area contributed by atoms with Gasteiger partial charge >= 0.3 is 11.9 Å². The molecule has 28 heavy (non-hydrogen) atoms. The molecule has 2 atom stereocenters. The van der Waals surface area contributed by atoms with E-state index in [1.165, 1.54) is 11.3 Å². The van der Waals surface area contributed by atoms with Crippen molar-refractivity contribution in [1.29, 1.82) is 0 Å². The zero-order valence-electron chi connectivity index (χ0n) is 16.1. The summed E-state index contributed by atoms with van der Waals surface area (Å²) in [5.41, 5.74) is 2.03. The fourth-order valence-electron chi connectivity index (χ4n) is 2.97. The summed E-state index contributed by atoms with van der Waals surface area (Å²) >= 11 is 1.30. The third-order valence-electron chi connectivity index (χ3n) is 4.67. The molecule has 1 aromatic heterocycles. The van der Waals surface area contributed by atoms with Crippen molar-refractivity contribution in [1.82, 2.24) is 0 Å². The van der Waals surface area contributed by atoms with Gasteiger partial charge in [0.1, 0.15) is 5.00 Å². The van der Waals surface area contributed by atoms with E-state index < -0.39 is 11.9 Å². The van der Waals surface area contributed by atoms with Crippen molar-refractivity contribution in [2.45, 2.75) is 27.2 Å². The lowest BCUT2D eigenvalue weighted by atomic mass is 10.1. The van der Waals surface area contributed by atoms with Crippen LogP contribution in [0.25, 0.3) is 10.4 Å². The Kier molecular flexibility index (Phi) is 6.14. The van der Waals surface area contributed by atoms with Crippen LogP contribution in [0.15, 0.2) is 30.3 Å². The van der Waals surface area contributed by atoms with Gasteiger partial charge in [-0.25, -0.2) is 4.79 Å². The van der Waals surface area contributed by atoms with Gasteiger partial charge in [0.15, 0.2) is 6.61 Å². The number of benzene rings is 1. The number of rotatable bonds is 7. The Hall–Kier alpha value is -2.67. The summed E-state index contributed by atoms with van der Waals surface area (Å²) in [5.74, 6) is -1.10. The molecular weight excluding hydrogens is 378 g/mol. The quantitative estimate of drug-likeness (QED) is 0.708. The molecule has 6 nitrogen and oxygen atoms in total. The molecule has 1 N–H and O–H groups in total. The van der Waals surface area contributed by atoms with Crippen LogP contribution in [0.2, 0.25) is 0 Å². The van der Waals surface area contributed by atoms with E-state index in [-0.39, 0.29) is 25.1 Å². The number of thiophene rings is 1. The lowest BCUT2D eigenvalue weighted by molar-refractivity contribution is -0.148. The smallest absolute Gasteiger partial charge is 0.341 e. The highest BCUT2D eigenvalue weighted by Gasteiger charge is 2.40. The molecule has 1 aliphatic rings. The lowest BCUT2D eigenvalue weighted by Crippen LogP contribution is -2.22. The van der Waals surface area contributed by atoms with Crippen molar-refractivity contribution in [2.75, 3.05) is 18.5 Å². The number of anilines is 1. The minimum Gasteiger partial charge on any atom is -0.462 e. The molecule has 0 saturated heterocycles. The molecule has 3 rings (SSSR count). The monoisotopic (exact) mass is 401 g/mol. The molecule has 0 spiro atoms. The van der Waals surface area contributed by atoms with E-state index in [0.29, 0.717) is 16.5 Å². The Morgan fingerprint density at radius 2 is 1.86 bits per heavy atom. The predicted octanol–water partition coefficient (Wildman–Crippen LogP) is 4.04. The van der Waals surface area contributed by atoms with Gasteiger partial charge in [-0.2, -0.15) is 0 Å². The van der Waals surface area contributed by atoms with E-state index >= 15 is 0 Å². The minimum absolute atomic E-state index is 0.100. The van der Waals surface area contributed by atoms with Gasteiger partial charge in [-0.3, -0.25) is 9.59 Å². The zero-order chi connectivity index (χ0) is 20.3. The summed E-state index contributed by atoms with van der Waals surface area (Å²) in [7, 11) is 0. The Bertz CT molecular complexity index is 890. The molecule has 1 fully saturated rings. The summed E-state index contributed by atoms with van der Waals surface area (Å²) in [6.45, 7) is 5.39. The predicted molar refractivity (Wildman–Crippen MR) is 107 cm³/mol. The van der Waals surface area contributed by atoms with E-state index in [2.05, 4.69) is 5.32 Å². The fraction of sp³-hybridized carbons (Fsp3) is 0.381. The molecule has 0 aliphatic heterocycles. The van der Waals surface area contributed by atoms with Crippen LogP contribution in [-0.2, 0) is 19.1 Å². The zero-order valence-corrected chi connectivity index (χ0v) is 16.9. The number of nitrogens with one attached hydrogen (secondary N) is 1. The summed E-state index contributed by atoms with van der Waals surface area (Å²) in [6, 6.07) is 9.62. The topological polar surface area (TPSA) is 81.7 Å². The van der Waals surface area contributed by atoms with Crippen molar-refractivity contribution in [3.8, 4) is 10.4 Å². The van der Waals surface area contributed by atoms with Crippen LogP contribution < -0.4 is 5.32 Å². The average Bonchev–Trinajstić information content (AvgIpc) is 3.32. The molecule has 1 heterocycles. The summed E-state index contributed by atoms with van der Waals surface area (Å²) < 4.78 is 10.2. The second-order valence-electron chi connectivity index (χ2n) is 6.82. The van der Waals surface area contributed by atoms with Crippen molar-refractivity contribution in [3.63, 3.8) is 0 Å². The van der Waals surface area contributed by atoms with Crippen LogP contribution in [0.5, 0.6) is 0 Å². The van der Waals surface area contributed by atoms with Crippen LogP contribution in [0.3, 0.4) is 0 Å². The Morgan fingerprint density at radius 1 is 1.18 bits per heavy atom. The highest BCUT2D eigenvalue weighted by atomic mass is 32.1. The average molecular weight is 401 g/mol. The number of carbonyl (C=O) groups excluding carboxylic acids is 3. The van der Waals surface area contributed by atoms with E-state index in [4.69, 9.17) is 9.47 Å². The molecule has 148 valence electrons. The first kappa shape index (κ1) is 20.1. The molecular formula is C21H23NO5S. The molecule has 0 bridgehead atoms. The Balaban J connectivity index is 1.79. The third-order valence-corrected chi connectivity index (χ3v) is 5.93. The van der Waals surface area contributed by atoms with E-state index in [9.17, 15) is 14.4 Å². The first-order valence-electron chi connectivity index (χ1n) is 9.24. The molecule has 1 amide bonds. The van der Waals surface area contributed by atoms with Gasteiger partial charge in [-0.05, 0) is 37.3 Å². The van der Waals surface area contributed by atoms with Gasteiger partial charge in [-0.1, -0.05) is 37.3 Å². The van der Waals surface area contributed by atoms with Crippen LogP contribution in [0, 0.1) is 18.8 Å². The van der Waals surface area contributed by atoms with Crippen LogP contribution >= 0.6 is 11.3 Å². The van der Waals surface area contributed by atoms with Gasteiger partial charge in [0, 0.05) is 4.88 Å². The molecule has 1 aliphatic carbocycles. The van der Waals surface area contributed by atoms with Crippen LogP contribution in [-0.4, -0.2) is 31.1 Å². The number of ether oxygens (including phenoxy) is 2. The SMILES string of the molecule is CCOC(=O)c1c(NC(=O)COC(=O)[C@H]2C[C@@H]2C)sc(-c2ccccc2)c1C. The van der Waals surface area contributed by atoms with Crippen LogP contribution in [0.1, 0.15) is 36.2 Å². The number of hydrogen-bond donors (Lipinski definition) is 1. The van der Waals surface area contributed by atoms with Gasteiger partial charge in [-0.15, -0.1) is 11.3 Å². The van der Waals surface area contributed by atoms with E-state index in [1.807, 2.05) is 44.2 Å². The maximum absolute atomic E-state index is 12.5. The molecule has 0 radical (unpaired) electrons. The molecule has 1 aromatic carbocycles.